The van der Waals surface area contributed by atoms with Crippen LogP contribution in [0.4, 0.5) is 5.69 Å². The second kappa shape index (κ2) is 8.45. The number of carbonyl (C=O) groups excluding carboxylic acids is 2. The number of carbonyl (C=O) groups is 2. The Bertz CT molecular complexity index is 888. The first-order chi connectivity index (χ1) is 12.6. The van der Waals surface area contributed by atoms with Crippen LogP contribution in [-0.4, -0.2) is 11.7 Å². The highest BCUT2D eigenvalue weighted by molar-refractivity contribution is 6.30. The summed E-state index contributed by atoms with van der Waals surface area (Å²) in [5.74, 6) is -0.254. The molecule has 0 saturated carbocycles. The highest BCUT2D eigenvalue weighted by atomic mass is 35.5. The van der Waals surface area contributed by atoms with Crippen molar-refractivity contribution in [3.63, 3.8) is 0 Å². The Morgan fingerprint density at radius 2 is 1.35 bits per heavy atom. The Hall–Kier alpha value is -2.91. The van der Waals surface area contributed by atoms with Gasteiger partial charge in [0.1, 0.15) is 0 Å². The van der Waals surface area contributed by atoms with Crippen molar-refractivity contribution >= 4 is 29.0 Å². The molecule has 130 valence electrons. The standard InChI is InChI=1S/C22H18ClNO2/c23-19-10-6-18(7-11-19)21(25)14-15-22(26)24-20-12-8-17(9-13-20)16-4-2-1-3-5-16/h1-13H,14-15H2,(H,24,26). The normalized spacial score (nSPS) is 10.3. The van der Waals surface area contributed by atoms with Crippen LogP contribution in [0.2, 0.25) is 5.02 Å². The molecular formula is C22H18ClNO2. The van der Waals surface area contributed by atoms with E-state index in [1.807, 2.05) is 54.6 Å². The molecule has 0 spiro atoms. The van der Waals surface area contributed by atoms with Crippen LogP contribution in [0.15, 0.2) is 78.9 Å². The van der Waals surface area contributed by atoms with E-state index in [4.69, 9.17) is 11.6 Å². The molecule has 1 amide bonds. The van der Waals surface area contributed by atoms with Crippen LogP contribution in [0.1, 0.15) is 23.2 Å². The fourth-order valence-corrected chi connectivity index (χ4v) is 2.73. The van der Waals surface area contributed by atoms with Crippen molar-refractivity contribution in [2.24, 2.45) is 0 Å². The summed E-state index contributed by atoms with van der Waals surface area (Å²) in [6.07, 6.45) is 0.303. The molecule has 0 aromatic heterocycles. The number of halogens is 1. The minimum atomic E-state index is -0.181. The van der Waals surface area contributed by atoms with E-state index in [0.717, 1.165) is 11.1 Å². The van der Waals surface area contributed by atoms with Gasteiger partial charge in [0.05, 0.1) is 0 Å². The van der Waals surface area contributed by atoms with Crippen molar-refractivity contribution in [2.45, 2.75) is 12.8 Å². The number of amides is 1. The highest BCUT2D eigenvalue weighted by Crippen LogP contribution is 2.21. The minimum Gasteiger partial charge on any atom is -0.326 e. The second-order valence-electron chi connectivity index (χ2n) is 5.92. The zero-order chi connectivity index (χ0) is 18.4. The molecule has 0 bridgehead atoms. The Balaban J connectivity index is 1.53. The maximum atomic E-state index is 12.1. The van der Waals surface area contributed by atoms with Gasteiger partial charge in [0.15, 0.2) is 5.78 Å². The van der Waals surface area contributed by atoms with Crippen LogP contribution >= 0.6 is 11.6 Å². The van der Waals surface area contributed by atoms with E-state index >= 15 is 0 Å². The molecule has 0 aliphatic rings. The second-order valence-corrected chi connectivity index (χ2v) is 6.36. The average molecular weight is 364 g/mol. The maximum Gasteiger partial charge on any atom is 0.224 e. The van der Waals surface area contributed by atoms with Crippen molar-refractivity contribution in [1.82, 2.24) is 0 Å². The molecule has 0 saturated heterocycles. The van der Waals surface area contributed by atoms with Crippen LogP contribution in [-0.2, 0) is 4.79 Å². The van der Waals surface area contributed by atoms with Crippen molar-refractivity contribution in [2.75, 3.05) is 5.32 Å². The van der Waals surface area contributed by atoms with Crippen molar-refractivity contribution < 1.29 is 9.59 Å². The van der Waals surface area contributed by atoms with Gasteiger partial charge < -0.3 is 5.32 Å². The van der Waals surface area contributed by atoms with Gasteiger partial charge >= 0.3 is 0 Å². The van der Waals surface area contributed by atoms with Crippen LogP contribution in [0.25, 0.3) is 11.1 Å². The molecular weight excluding hydrogens is 346 g/mol. The predicted octanol–water partition coefficient (Wildman–Crippen LogP) is 5.61. The molecule has 26 heavy (non-hydrogen) atoms. The number of ketones is 1. The van der Waals surface area contributed by atoms with E-state index in [9.17, 15) is 9.59 Å². The van der Waals surface area contributed by atoms with E-state index in [1.165, 1.54) is 0 Å². The average Bonchev–Trinajstić information content (AvgIpc) is 2.68. The SMILES string of the molecule is O=C(CCC(=O)c1ccc(Cl)cc1)Nc1ccc(-c2ccccc2)cc1. The third-order valence-electron chi connectivity index (χ3n) is 4.02. The number of hydrogen-bond acceptors (Lipinski definition) is 2. The van der Waals surface area contributed by atoms with Crippen molar-refractivity contribution in [3.05, 3.63) is 89.4 Å². The summed E-state index contributed by atoms with van der Waals surface area (Å²) in [5.41, 5.74) is 3.49. The summed E-state index contributed by atoms with van der Waals surface area (Å²) < 4.78 is 0. The summed E-state index contributed by atoms with van der Waals surface area (Å²) in [6, 6.07) is 24.4. The highest BCUT2D eigenvalue weighted by Gasteiger charge is 2.10. The van der Waals surface area contributed by atoms with Crippen LogP contribution in [0, 0.1) is 0 Å². The summed E-state index contributed by atoms with van der Waals surface area (Å²) in [5, 5.41) is 3.41. The number of nitrogens with one attached hydrogen (secondary N) is 1. The van der Waals surface area contributed by atoms with Gasteiger partial charge in [0.2, 0.25) is 5.91 Å². The minimum absolute atomic E-state index is 0.0729. The quantitative estimate of drug-likeness (QED) is 0.578. The molecule has 0 radical (unpaired) electrons. The Morgan fingerprint density at radius 1 is 0.731 bits per heavy atom. The third kappa shape index (κ3) is 4.80. The third-order valence-corrected chi connectivity index (χ3v) is 4.27. The summed E-state index contributed by atoms with van der Waals surface area (Å²) in [7, 11) is 0. The summed E-state index contributed by atoms with van der Waals surface area (Å²) >= 11 is 5.81. The monoisotopic (exact) mass is 363 g/mol. The molecule has 3 aromatic carbocycles. The number of rotatable bonds is 6. The van der Waals surface area contributed by atoms with Crippen LogP contribution in [0.3, 0.4) is 0 Å². The Morgan fingerprint density at radius 3 is 2.00 bits per heavy atom. The molecule has 3 rings (SSSR count). The van der Waals surface area contributed by atoms with Gasteiger partial charge in [0, 0.05) is 29.1 Å². The lowest BCUT2D eigenvalue weighted by molar-refractivity contribution is -0.116. The molecule has 4 heteroatoms. The van der Waals surface area contributed by atoms with Crippen molar-refractivity contribution in [1.29, 1.82) is 0 Å². The fourth-order valence-electron chi connectivity index (χ4n) is 2.61. The van der Waals surface area contributed by atoms with Gasteiger partial charge in [-0.15, -0.1) is 0 Å². The van der Waals surface area contributed by atoms with Gasteiger partial charge in [-0.2, -0.15) is 0 Å². The maximum absolute atomic E-state index is 12.1. The van der Waals surface area contributed by atoms with Crippen LogP contribution < -0.4 is 5.32 Å². The molecule has 3 aromatic rings. The molecule has 0 heterocycles. The van der Waals surface area contributed by atoms with Gasteiger partial charge in [-0.1, -0.05) is 54.1 Å². The first-order valence-electron chi connectivity index (χ1n) is 8.36. The van der Waals surface area contributed by atoms with Crippen LogP contribution in [0.5, 0.6) is 0 Å². The molecule has 0 unspecified atom stereocenters. The fraction of sp³-hybridized carbons (Fsp3) is 0.0909. The topological polar surface area (TPSA) is 46.2 Å². The van der Waals surface area contributed by atoms with E-state index in [-0.39, 0.29) is 24.5 Å². The molecule has 3 nitrogen and oxygen atoms in total. The van der Waals surface area contributed by atoms with Gasteiger partial charge in [-0.3, -0.25) is 9.59 Å². The Kier molecular flexibility index (Phi) is 5.82. The van der Waals surface area contributed by atoms with Gasteiger partial charge in [-0.05, 0) is 47.5 Å². The predicted molar refractivity (Wildman–Crippen MR) is 106 cm³/mol. The summed E-state index contributed by atoms with van der Waals surface area (Å²) in [6.45, 7) is 0. The zero-order valence-electron chi connectivity index (χ0n) is 14.1. The molecule has 0 aliphatic carbocycles. The van der Waals surface area contributed by atoms with E-state index in [2.05, 4.69) is 5.32 Å². The molecule has 1 N–H and O–H groups in total. The number of hydrogen-bond donors (Lipinski definition) is 1. The van der Waals surface area contributed by atoms with Gasteiger partial charge in [-0.25, -0.2) is 0 Å². The molecule has 0 fully saturated rings. The largest absolute Gasteiger partial charge is 0.326 e. The lowest BCUT2D eigenvalue weighted by atomic mass is 10.1. The zero-order valence-corrected chi connectivity index (χ0v) is 14.9. The number of anilines is 1. The molecule has 0 atom stereocenters. The first kappa shape index (κ1) is 17.9. The number of benzene rings is 3. The molecule has 0 aliphatic heterocycles. The van der Waals surface area contributed by atoms with Gasteiger partial charge in [0.25, 0.3) is 0 Å². The lowest BCUT2D eigenvalue weighted by Crippen LogP contribution is -2.13. The van der Waals surface area contributed by atoms with Crippen molar-refractivity contribution in [3.8, 4) is 11.1 Å². The number of Topliss-reactive ketones (excluding diaryl/α,β-unsaturated/α-hetero) is 1. The van der Waals surface area contributed by atoms with E-state index in [1.54, 1.807) is 24.3 Å². The lowest BCUT2D eigenvalue weighted by Gasteiger charge is -2.07. The van der Waals surface area contributed by atoms with E-state index < -0.39 is 0 Å². The smallest absolute Gasteiger partial charge is 0.224 e. The first-order valence-corrected chi connectivity index (χ1v) is 8.74. The summed E-state index contributed by atoms with van der Waals surface area (Å²) in [4.78, 5) is 24.2. The van der Waals surface area contributed by atoms with E-state index in [0.29, 0.717) is 16.3 Å². The Labute approximate surface area is 157 Å².